The van der Waals surface area contributed by atoms with Crippen LogP contribution in [0, 0.1) is 5.92 Å². The number of nitrogens with zero attached hydrogens (tertiary/aromatic N) is 3. The van der Waals surface area contributed by atoms with E-state index >= 15 is 0 Å². The van der Waals surface area contributed by atoms with E-state index in [0.29, 0.717) is 17.0 Å². The number of carbonyl (C=O) groups excluding carboxylic acids is 1. The number of fused-ring (bicyclic) bond motifs is 1. The lowest BCUT2D eigenvalue weighted by Gasteiger charge is -2.15. The van der Waals surface area contributed by atoms with Gasteiger partial charge in [-0.1, -0.05) is 13.8 Å². The topological polar surface area (TPSA) is 100 Å². The summed E-state index contributed by atoms with van der Waals surface area (Å²) in [7, 11) is 0. The maximum Gasteiger partial charge on any atom is 0.230 e. The Hall–Kier alpha value is -2.28. The summed E-state index contributed by atoms with van der Waals surface area (Å²) in [6.45, 7) is 9.25. The second-order valence-electron chi connectivity index (χ2n) is 6.15. The highest BCUT2D eigenvalue weighted by molar-refractivity contribution is 5.93. The maximum atomic E-state index is 11.8. The van der Waals surface area contributed by atoms with Crippen molar-refractivity contribution >= 4 is 28.6 Å². The van der Waals surface area contributed by atoms with Crippen molar-refractivity contribution in [2.24, 2.45) is 5.92 Å². The van der Waals surface area contributed by atoms with Gasteiger partial charge in [0.15, 0.2) is 5.82 Å². The highest BCUT2D eigenvalue weighted by atomic mass is 16.3. The van der Waals surface area contributed by atoms with Crippen LogP contribution in [0.15, 0.2) is 12.3 Å². The average molecular weight is 317 g/mol. The fraction of sp³-hybridized carbons (Fsp3) is 0.500. The van der Waals surface area contributed by atoms with Gasteiger partial charge in [0.25, 0.3) is 0 Å². The number of carbonyl (C=O) groups is 1. The van der Waals surface area contributed by atoms with E-state index in [4.69, 9.17) is 0 Å². The Balaban J connectivity index is 2.50. The van der Waals surface area contributed by atoms with E-state index in [1.54, 1.807) is 33.0 Å². The SMILES string of the molecule is CC(C)Nc1nc(C(C)O)cc2cnc(NC(=O)C(C)C)nc12. The molecule has 7 nitrogen and oxygen atoms in total. The van der Waals surface area contributed by atoms with E-state index in [2.05, 4.69) is 25.6 Å². The molecular weight excluding hydrogens is 294 g/mol. The molecule has 0 aliphatic rings. The summed E-state index contributed by atoms with van der Waals surface area (Å²) in [4.78, 5) is 24.8. The zero-order valence-corrected chi connectivity index (χ0v) is 14.1. The molecule has 0 bridgehead atoms. The number of hydrogen-bond acceptors (Lipinski definition) is 6. The van der Waals surface area contributed by atoms with Crippen LogP contribution in [0.1, 0.15) is 46.4 Å². The molecule has 1 unspecified atom stereocenters. The van der Waals surface area contributed by atoms with Gasteiger partial charge in [-0.3, -0.25) is 10.1 Å². The minimum atomic E-state index is -0.688. The lowest BCUT2D eigenvalue weighted by Crippen LogP contribution is -2.19. The smallest absolute Gasteiger partial charge is 0.230 e. The van der Waals surface area contributed by atoms with Crippen LogP contribution in [0.2, 0.25) is 0 Å². The molecule has 0 aromatic carbocycles. The average Bonchev–Trinajstić information content (AvgIpc) is 2.46. The van der Waals surface area contributed by atoms with E-state index in [9.17, 15) is 9.90 Å². The normalized spacial score (nSPS) is 12.7. The van der Waals surface area contributed by atoms with E-state index < -0.39 is 6.10 Å². The molecule has 3 N–H and O–H groups in total. The van der Waals surface area contributed by atoms with E-state index in [1.807, 2.05) is 13.8 Å². The Morgan fingerprint density at radius 1 is 1.17 bits per heavy atom. The molecule has 7 heteroatoms. The van der Waals surface area contributed by atoms with Gasteiger partial charge >= 0.3 is 0 Å². The van der Waals surface area contributed by atoms with Crippen molar-refractivity contribution in [3.63, 3.8) is 0 Å². The summed E-state index contributed by atoms with van der Waals surface area (Å²) < 4.78 is 0. The lowest BCUT2D eigenvalue weighted by molar-refractivity contribution is -0.118. The largest absolute Gasteiger partial charge is 0.387 e. The Labute approximate surface area is 135 Å². The van der Waals surface area contributed by atoms with E-state index in [-0.39, 0.29) is 23.8 Å². The molecule has 2 aromatic heterocycles. The number of nitrogens with one attached hydrogen (secondary N) is 2. The zero-order chi connectivity index (χ0) is 17.1. The molecule has 0 saturated carbocycles. The van der Waals surface area contributed by atoms with Crippen molar-refractivity contribution in [2.75, 3.05) is 10.6 Å². The predicted octanol–water partition coefficient (Wildman–Crippen LogP) is 2.49. The monoisotopic (exact) mass is 317 g/mol. The highest BCUT2D eigenvalue weighted by Gasteiger charge is 2.14. The number of aliphatic hydroxyl groups is 1. The molecule has 2 aromatic rings. The van der Waals surface area contributed by atoms with Gasteiger partial charge in [0.05, 0.1) is 11.8 Å². The first-order chi connectivity index (χ1) is 10.8. The van der Waals surface area contributed by atoms with Gasteiger partial charge < -0.3 is 10.4 Å². The van der Waals surface area contributed by atoms with E-state index in [1.165, 1.54) is 0 Å². The van der Waals surface area contributed by atoms with Crippen LogP contribution < -0.4 is 10.6 Å². The minimum Gasteiger partial charge on any atom is -0.387 e. The third-order valence-electron chi connectivity index (χ3n) is 3.20. The van der Waals surface area contributed by atoms with Crippen molar-refractivity contribution in [1.82, 2.24) is 15.0 Å². The molecule has 0 saturated heterocycles. The number of aliphatic hydroxyl groups excluding tert-OH is 1. The number of aromatic nitrogens is 3. The van der Waals surface area contributed by atoms with Gasteiger partial charge in [0, 0.05) is 23.5 Å². The summed E-state index contributed by atoms with van der Waals surface area (Å²) in [5.41, 5.74) is 1.15. The Morgan fingerprint density at radius 2 is 1.87 bits per heavy atom. The van der Waals surface area contributed by atoms with Gasteiger partial charge in [0.1, 0.15) is 5.52 Å². The molecule has 124 valence electrons. The second kappa shape index (κ2) is 6.87. The number of anilines is 2. The molecule has 1 amide bonds. The van der Waals surface area contributed by atoms with Crippen LogP contribution in [-0.2, 0) is 4.79 Å². The summed E-state index contributed by atoms with van der Waals surface area (Å²) >= 11 is 0. The molecule has 2 heterocycles. The fourth-order valence-electron chi connectivity index (χ4n) is 1.96. The first kappa shape index (κ1) is 17.1. The standard InChI is InChI=1S/C16H23N5O2/c1-8(2)15(23)21-16-17-7-11-6-12(10(5)22)19-14(13(11)20-16)18-9(3)4/h6-10,22H,1-5H3,(H,18,19)(H,17,20,21,23). The van der Waals surface area contributed by atoms with Gasteiger partial charge in [0.2, 0.25) is 11.9 Å². The number of pyridine rings is 1. The molecule has 0 fully saturated rings. The molecule has 23 heavy (non-hydrogen) atoms. The summed E-state index contributed by atoms with van der Waals surface area (Å²) in [5.74, 6) is 0.514. The summed E-state index contributed by atoms with van der Waals surface area (Å²) in [6.07, 6.45) is 0.935. The van der Waals surface area contributed by atoms with Crippen molar-refractivity contribution in [1.29, 1.82) is 0 Å². The van der Waals surface area contributed by atoms with Crippen LogP contribution in [0.4, 0.5) is 11.8 Å². The third kappa shape index (κ3) is 4.13. The van der Waals surface area contributed by atoms with Gasteiger partial charge in [-0.05, 0) is 26.8 Å². The molecule has 0 spiro atoms. The van der Waals surface area contributed by atoms with Gasteiger partial charge in [-0.25, -0.2) is 15.0 Å². The van der Waals surface area contributed by atoms with Crippen LogP contribution in [0.3, 0.4) is 0 Å². The second-order valence-corrected chi connectivity index (χ2v) is 6.15. The number of rotatable bonds is 5. The van der Waals surface area contributed by atoms with Crippen molar-refractivity contribution in [3.05, 3.63) is 18.0 Å². The van der Waals surface area contributed by atoms with Crippen molar-refractivity contribution < 1.29 is 9.90 Å². The minimum absolute atomic E-state index is 0.142. The molecule has 1 atom stereocenters. The third-order valence-corrected chi connectivity index (χ3v) is 3.20. The molecule has 0 aliphatic heterocycles. The van der Waals surface area contributed by atoms with E-state index in [0.717, 1.165) is 5.39 Å². The Bertz CT molecular complexity index is 713. The molecular formula is C16H23N5O2. The Kier molecular flexibility index (Phi) is 5.10. The quantitative estimate of drug-likeness (QED) is 0.783. The van der Waals surface area contributed by atoms with Crippen LogP contribution in [-0.4, -0.2) is 32.0 Å². The predicted molar refractivity (Wildman–Crippen MR) is 90.2 cm³/mol. The number of amides is 1. The van der Waals surface area contributed by atoms with Crippen molar-refractivity contribution in [3.8, 4) is 0 Å². The van der Waals surface area contributed by atoms with Crippen LogP contribution in [0.5, 0.6) is 0 Å². The van der Waals surface area contributed by atoms with Crippen LogP contribution in [0.25, 0.3) is 10.9 Å². The van der Waals surface area contributed by atoms with Gasteiger partial charge in [-0.15, -0.1) is 0 Å². The lowest BCUT2D eigenvalue weighted by atomic mass is 10.2. The maximum absolute atomic E-state index is 11.8. The first-order valence-electron chi connectivity index (χ1n) is 7.71. The highest BCUT2D eigenvalue weighted by Crippen LogP contribution is 2.24. The molecule has 0 radical (unpaired) electrons. The molecule has 0 aliphatic carbocycles. The van der Waals surface area contributed by atoms with Crippen LogP contribution >= 0.6 is 0 Å². The van der Waals surface area contributed by atoms with Crippen molar-refractivity contribution in [2.45, 2.75) is 46.8 Å². The fourth-order valence-corrected chi connectivity index (χ4v) is 1.96. The first-order valence-corrected chi connectivity index (χ1v) is 7.71. The zero-order valence-electron chi connectivity index (χ0n) is 14.1. The molecule has 2 rings (SSSR count). The summed E-state index contributed by atoms with van der Waals surface area (Å²) in [6, 6.07) is 1.90. The summed E-state index contributed by atoms with van der Waals surface area (Å²) in [5, 5.41) is 16.4. The van der Waals surface area contributed by atoms with Gasteiger partial charge in [-0.2, -0.15) is 0 Å². The Morgan fingerprint density at radius 3 is 2.43 bits per heavy atom. The number of hydrogen-bond donors (Lipinski definition) is 3.